The lowest BCUT2D eigenvalue weighted by atomic mass is 9.49. The molecule has 0 amide bonds. The molecule has 0 unspecified atom stereocenters. The molecule has 0 N–H and O–H groups in total. The molecular formula is C22H29N3. The van der Waals surface area contributed by atoms with Gasteiger partial charge in [-0.2, -0.15) is 0 Å². The Labute approximate surface area is 150 Å². The molecule has 3 nitrogen and oxygen atoms in total. The van der Waals surface area contributed by atoms with Gasteiger partial charge in [-0.3, -0.25) is 0 Å². The van der Waals surface area contributed by atoms with Crippen molar-refractivity contribution < 1.29 is 0 Å². The van der Waals surface area contributed by atoms with Gasteiger partial charge in [0.15, 0.2) is 0 Å². The van der Waals surface area contributed by atoms with Crippen molar-refractivity contribution in [3.05, 3.63) is 47.5 Å². The van der Waals surface area contributed by atoms with Gasteiger partial charge < -0.3 is 4.57 Å². The van der Waals surface area contributed by atoms with Gasteiger partial charge in [0.25, 0.3) is 0 Å². The summed E-state index contributed by atoms with van der Waals surface area (Å²) in [6.07, 6.45) is 10.7. The summed E-state index contributed by atoms with van der Waals surface area (Å²) >= 11 is 0. The van der Waals surface area contributed by atoms with Crippen LogP contribution in [0.3, 0.4) is 0 Å². The summed E-state index contributed by atoms with van der Waals surface area (Å²) < 4.78 is 2.49. The smallest absolute Gasteiger partial charge is 0.139 e. The van der Waals surface area contributed by atoms with Crippen LogP contribution < -0.4 is 0 Å². The van der Waals surface area contributed by atoms with E-state index >= 15 is 0 Å². The summed E-state index contributed by atoms with van der Waals surface area (Å²) in [6, 6.07) is 10.9. The Hall–Kier alpha value is -1.64. The quantitative estimate of drug-likeness (QED) is 0.789. The zero-order chi connectivity index (χ0) is 16.9. The fourth-order valence-electron chi connectivity index (χ4n) is 6.45. The maximum Gasteiger partial charge on any atom is 0.139 e. The molecule has 1 aromatic carbocycles. The van der Waals surface area contributed by atoms with E-state index in [0.29, 0.717) is 5.41 Å². The van der Waals surface area contributed by atoms with E-state index in [4.69, 9.17) is 5.10 Å². The van der Waals surface area contributed by atoms with E-state index in [2.05, 4.69) is 46.9 Å². The maximum atomic E-state index is 4.83. The Balaban J connectivity index is 1.55. The topological polar surface area (TPSA) is 30.7 Å². The van der Waals surface area contributed by atoms with Crippen molar-refractivity contribution in [2.75, 3.05) is 0 Å². The van der Waals surface area contributed by atoms with E-state index in [1.165, 1.54) is 55.7 Å². The molecule has 0 radical (unpaired) electrons. The van der Waals surface area contributed by atoms with Crippen LogP contribution in [-0.2, 0) is 18.4 Å². The molecule has 1 heterocycles. The normalized spacial score (nSPS) is 33.1. The largest absolute Gasteiger partial charge is 0.310 e. The third-order valence-electron chi connectivity index (χ3n) is 7.00. The lowest BCUT2D eigenvalue weighted by Crippen LogP contribution is -2.49. The molecule has 2 aromatic rings. The molecule has 6 rings (SSSR count). The van der Waals surface area contributed by atoms with E-state index in [1.54, 1.807) is 0 Å². The highest BCUT2D eigenvalue weighted by Gasteiger charge is 2.53. The molecule has 4 saturated carbocycles. The Bertz CT molecular complexity index is 711. The first-order chi connectivity index (χ1) is 12.3. The van der Waals surface area contributed by atoms with Crippen molar-refractivity contribution in [1.29, 1.82) is 0 Å². The predicted octanol–water partition coefficient (Wildman–Crippen LogP) is 4.75. The number of benzene rings is 1. The minimum absolute atomic E-state index is 0.322. The van der Waals surface area contributed by atoms with Gasteiger partial charge >= 0.3 is 0 Å². The number of aromatic nitrogens is 3. The molecular weight excluding hydrogens is 306 g/mol. The van der Waals surface area contributed by atoms with Crippen molar-refractivity contribution >= 4 is 0 Å². The second-order valence-electron chi connectivity index (χ2n) is 8.96. The molecule has 3 heteroatoms. The van der Waals surface area contributed by atoms with Crippen LogP contribution in [0.15, 0.2) is 30.3 Å². The third-order valence-corrected chi connectivity index (χ3v) is 7.00. The van der Waals surface area contributed by atoms with Gasteiger partial charge in [-0.15, -0.1) is 10.2 Å². The molecule has 25 heavy (non-hydrogen) atoms. The Kier molecular flexibility index (Phi) is 3.72. The number of hydrogen-bond donors (Lipinski definition) is 0. The summed E-state index contributed by atoms with van der Waals surface area (Å²) in [6.45, 7) is 3.17. The summed E-state index contributed by atoms with van der Waals surface area (Å²) in [4.78, 5) is 0. The second-order valence-corrected chi connectivity index (χ2v) is 8.96. The lowest BCUT2D eigenvalue weighted by Gasteiger charge is -2.56. The SMILES string of the molecule is CCCc1nnc(C23CC4CC(CC(C4)C2)C3)n1Cc1ccccc1. The van der Waals surface area contributed by atoms with E-state index in [-0.39, 0.29) is 0 Å². The lowest BCUT2D eigenvalue weighted by molar-refractivity contribution is -0.0110. The molecule has 0 saturated heterocycles. The maximum absolute atomic E-state index is 4.83. The average Bonchev–Trinajstić information content (AvgIpc) is 2.98. The average molecular weight is 335 g/mol. The fourth-order valence-corrected chi connectivity index (χ4v) is 6.45. The van der Waals surface area contributed by atoms with Crippen molar-refractivity contribution in [1.82, 2.24) is 14.8 Å². The van der Waals surface area contributed by atoms with E-state index < -0.39 is 0 Å². The van der Waals surface area contributed by atoms with Crippen LogP contribution in [0.4, 0.5) is 0 Å². The van der Waals surface area contributed by atoms with Crippen LogP contribution in [0.2, 0.25) is 0 Å². The first-order valence-corrected chi connectivity index (χ1v) is 10.2. The van der Waals surface area contributed by atoms with Gasteiger partial charge in [0, 0.05) is 11.8 Å². The predicted molar refractivity (Wildman–Crippen MR) is 99.4 cm³/mol. The Morgan fingerprint density at radius 1 is 0.960 bits per heavy atom. The first-order valence-electron chi connectivity index (χ1n) is 10.2. The molecule has 4 bridgehead atoms. The zero-order valence-corrected chi connectivity index (χ0v) is 15.3. The van der Waals surface area contributed by atoms with Crippen LogP contribution in [0, 0.1) is 17.8 Å². The highest BCUT2D eigenvalue weighted by atomic mass is 15.3. The minimum Gasteiger partial charge on any atom is -0.310 e. The van der Waals surface area contributed by atoms with Crippen LogP contribution in [0.25, 0.3) is 0 Å². The molecule has 132 valence electrons. The second kappa shape index (κ2) is 5.96. The molecule has 0 atom stereocenters. The summed E-state index contributed by atoms with van der Waals surface area (Å²) in [5.41, 5.74) is 1.69. The highest BCUT2D eigenvalue weighted by molar-refractivity contribution is 5.22. The minimum atomic E-state index is 0.322. The number of hydrogen-bond acceptors (Lipinski definition) is 2. The van der Waals surface area contributed by atoms with Crippen molar-refractivity contribution in [2.45, 2.75) is 70.3 Å². The Morgan fingerprint density at radius 2 is 1.60 bits per heavy atom. The summed E-state index contributed by atoms with van der Waals surface area (Å²) in [7, 11) is 0. The van der Waals surface area contributed by atoms with Crippen LogP contribution >= 0.6 is 0 Å². The van der Waals surface area contributed by atoms with Gasteiger partial charge in [0.2, 0.25) is 0 Å². The standard InChI is InChI=1S/C22H29N3/c1-2-6-20-23-24-21(25(20)15-16-7-4-3-5-8-16)22-12-17-9-18(13-22)11-19(10-17)14-22/h3-5,7-8,17-19H,2,6,9-15H2,1H3. The van der Waals surface area contributed by atoms with Gasteiger partial charge in [-0.05, 0) is 68.3 Å². The third kappa shape index (κ3) is 2.63. The van der Waals surface area contributed by atoms with E-state index in [0.717, 1.165) is 37.1 Å². The van der Waals surface area contributed by atoms with E-state index in [9.17, 15) is 0 Å². The van der Waals surface area contributed by atoms with Gasteiger partial charge in [0.1, 0.15) is 11.6 Å². The highest BCUT2D eigenvalue weighted by Crippen LogP contribution is 2.60. The number of rotatable bonds is 5. The first kappa shape index (κ1) is 15.6. The monoisotopic (exact) mass is 335 g/mol. The molecule has 4 aliphatic rings. The van der Waals surface area contributed by atoms with Crippen LogP contribution in [-0.4, -0.2) is 14.8 Å². The van der Waals surface area contributed by atoms with Crippen molar-refractivity contribution in [2.24, 2.45) is 17.8 Å². The van der Waals surface area contributed by atoms with E-state index in [1.807, 2.05) is 0 Å². The van der Waals surface area contributed by atoms with Crippen molar-refractivity contribution in [3.8, 4) is 0 Å². The van der Waals surface area contributed by atoms with Crippen LogP contribution in [0.5, 0.6) is 0 Å². The number of nitrogens with zero attached hydrogens (tertiary/aromatic N) is 3. The fraction of sp³-hybridized carbons (Fsp3) is 0.636. The molecule has 1 aromatic heterocycles. The van der Waals surface area contributed by atoms with Gasteiger partial charge in [-0.25, -0.2) is 0 Å². The molecule has 0 spiro atoms. The molecule has 4 fully saturated rings. The van der Waals surface area contributed by atoms with Gasteiger partial charge in [0.05, 0.1) is 6.54 Å². The zero-order valence-electron chi connectivity index (χ0n) is 15.3. The Morgan fingerprint density at radius 3 is 2.20 bits per heavy atom. The molecule has 0 aliphatic heterocycles. The summed E-state index contributed by atoms with van der Waals surface area (Å²) in [5.74, 6) is 5.35. The summed E-state index contributed by atoms with van der Waals surface area (Å²) in [5, 5.41) is 9.51. The number of aryl methyl sites for hydroxylation is 1. The van der Waals surface area contributed by atoms with Gasteiger partial charge in [-0.1, -0.05) is 37.3 Å². The molecule has 4 aliphatic carbocycles. The van der Waals surface area contributed by atoms with Crippen LogP contribution in [0.1, 0.15) is 69.1 Å². The van der Waals surface area contributed by atoms with Crippen molar-refractivity contribution in [3.63, 3.8) is 0 Å².